The Morgan fingerprint density at radius 3 is 1.50 bits per heavy atom. The smallest absolute Gasteiger partial charge is 0.399 e. The number of carbonyl (C=O) groups excluding carboxylic acids is 1. The topological polar surface area (TPSA) is 215 Å². The second kappa shape index (κ2) is 26.4. The maximum Gasteiger partial charge on any atom is 0.494 e. The highest BCUT2D eigenvalue weighted by atomic mass is 79.9. The molecule has 0 spiro atoms. The van der Waals surface area contributed by atoms with Crippen molar-refractivity contribution in [3.63, 3.8) is 0 Å². The highest BCUT2D eigenvalue weighted by Crippen LogP contribution is 2.37. The van der Waals surface area contributed by atoms with Crippen molar-refractivity contribution in [2.24, 2.45) is 11.5 Å². The van der Waals surface area contributed by atoms with Crippen molar-refractivity contribution in [1.29, 1.82) is 6.74 Å². The van der Waals surface area contributed by atoms with E-state index in [0.29, 0.717) is 35.3 Å². The standard InChI is InChI=1S/C16H20BFN2O2.C10H8BrFN2.C10H10BrN3.C9H8BrFO.CH5N3.BH3P/c1-6-10-7-12(8-11-9-19-14(18)20-13(10)11)17-21-15(2,3)16(4,5)22-17;2*1-2-6-3-8(11)4-7-5-13-10(12)14-9(6)7;1-2-6-3-8(10)4-7(5-12)9(6)11;2-1(3)4;1-2/h7-9H,6H2,1-5H3;3-5H,2H2,1H3;3-5H,2H2,1H3,(H2,12,13,14);3-5H,2H2,1H3;(H5,2,3,4);1H,2H2/i;;;;;1D. The van der Waals surface area contributed by atoms with Crippen LogP contribution < -0.4 is 22.7 Å². The Bertz CT molecular complexity index is 2790. The van der Waals surface area contributed by atoms with Gasteiger partial charge in [-0.25, -0.2) is 34.3 Å². The Morgan fingerprint density at radius 2 is 1.07 bits per heavy atom. The number of nitrogens with zero attached hydrogens (tertiary/aromatic N) is 6. The number of nitrogens with two attached hydrogens (primary N) is 3. The first-order valence-electron chi connectivity index (χ1n) is 21.6. The first-order chi connectivity index (χ1) is 32.5. The third-order valence-corrected chi connectivity index (χ3v) is 11.9. The van der Waals surface area contributed by atoms with Gasteiger partial charge in [-0.3, -0.25) is 10.2 Å². The zero-order valence-corrected chi connectivity index (χ0v) is 44.8. The van der Waals surface area contributed by atoms with Crippen LogP contribution in [0.4, 0.5) is 19.1 Å². The summed E-state index contributed by atoms with van der Waals surface area (Å²) in [6.07, 6.45) is 7.01. The van der Waals surface area contributed by atoms with Crippen LogP contribution in [0.2, 0.25) is 0 Å². The molecule has 68 heavy (non-hydrogen) atoms. The number of aldehydes is 1. The summed E-state index contributed by atoms with van der Waals surface area (Å²) in [7, 11) is 2.85. The van der Waals surface area contributed by atoms with Crippen LogP contribution in [-0.4, -0.2) is 69.3 Å². The molecule has 1 atom stereocenters. The molecule has 3 aromatic heterocycles. The van der Waals surface area contributed by atoms with E-state index in [4.69, 9.17) is 21.8 Å². The SMILES string of the molecule is CCc1cc(B2OC(C)(C)C(C)(C)O2)cc2cnc(F)nc12.CCc1cc(Br)cc(C=O)c1F.CCc1cc(Br)cc2cnc(F)nc12.CCc1cc(Br)cc2cnc(N)nc12.N=C(N)N.[2H][B]P. The molecule has 13 nitrogen and oxygen atoms in total. The van der Waals surface area contributed by atoms with Crippen LogP contribution in [0.5, 0.6) is 0 Å². The number of fused-ring (bicyclic) bond motifs is 3. The maximum atomic E-state index is 13.3. The number of rotatable bonds is 6. The number of nitrogen functional groups attached to an aromatic ring is 1. The fourth-order valence-corrected chi connectivity index (χ4v) is 8.08. The third kappa shape index (κ3) is 15.7. The molecule has 1 unspecified atom stereocenters. The number of halogens is 6. The first-order valence-corrected chi connectivity index (χ1v) is 24.1. The van der Waals surface area contributed by atoms with Crippen LogP contribution in [-0.2, 0) is 35.0 Å². The lowest BCUT2D eigenvalue weighted by molar-refractivity contribution is 0.00578. The van der Waals surface area contributed by atoms with Gasteiger partial charge in [-0.05, 0) is 119 Å². The van der Waals surface area contributed by atoms with E-state index in [-0.39, 0.29) is 11.5 Å². The molecule has 1 fully saturated rings. The van der Waals surface area contributed by atoms with Crippen LogP contribution in [0.15, 0.2) is 80.5 Å². The van der Waals surface area contributed by atoms with Gasteiger partial charge in [0.05, 0.1) is 33.3 Å². The molecule has 4 heterocycles. The summed E-state index contributed by atoms with van der Waals surface area (Å²) in [5.41, 5.74) is 20.8. The summed E-state index contributed by atoms with van der Waals surface area (Å²) >= 11 is 10.1. The summed E-state index contributed by atoms with van der Waals surface area (Å²) in [6.45, 7) is 16.1. The Hall–Kier alpha value is -4.65. The van der Waals surface area contributed by atoms with E-state index in [9.17, 15) is 18.0 Å². The van der Waals surface area contributed by atoms with Crippen LogP contribution in [0, 0.1) is 23.4 Å². The highest BCUT2D eigenvalue weighted by molar-refractivity contribution is 9.11. The van der Waals surface area contributed by atoms with E-state index >= 15 is 0 Å². The molecular formula is C46H54B2Br3F3N10O3P. The minimum absolute atomic E-state index is 0.112. The number of guanidine groups is 1. The van der Waals surface area contributed by atoms with Gasteiger partial charge in [-0.15, -0.1) is 0 Å². The Balaban J connectivity index is 0.000000238. The van der Waals surface area contributed by atoms with Crippen molar-refractivity contribution in [1.82, 2.24) is 29.9 Å². The van der Waals surface area contributed by atoms with Crippen molar-refractivity contribution in [2.75, 3.05) is 5.73 Å². The largest absolute Gasteiger partial charge is 0.494 e. The van der Waals surface area contributed by atoms with E-state index in [1.807, 2.05) is 78.8 Å². The zero-order chi connectivity index (χ0) is 51.8. The average Bonchev–Trinajstić information content (AvgIpc) is 3.52. The van der Waals surface area contributed by atoms with Crippen molar-refractivity contribution in [3.8, 4) is 0 Å². The van der Waals surface area contributed by atoms with Gasteiger partial charge in [-0.2, -0.15) is 17.9 Å². The first kappa shape index (κ1) is 55.9. The van der Waals surface area contributed by atoms with Gasteiger partial charge >= 0.3 is 19.3 Å². The monoisotopic (exact) mass is 1140 g/mol. The molecule has 22 heteroatoms. The van der Waals surface area contributed by atoms with E-state index in [0.717, 1.165) is 70.9 Å². The molecular weight excluding hydrogens is 1090 g/mol. The number of aromatic nitrogens is 6. The summed E-state index contributed by atoms with van der Waals surface area (Å²) < 4.78 is 60.3. The van der Waals surface area contributed by atoms with Crippen molar-refractivity contribution in [2.45, 2.75) is 92.3 Å². The normalized spacial score (nSPS) is 13.2. The average molecular weight is 1150 g/mol. The van der Waals surface area contributed by atoms with Gasteiger partial charge in [0, 0.05) is 48.2 Å². The second-order valence-corrected chi connectivity index (χ2v) is 18.4. The van der Waals surface area contributed by atoms with Gasteiger partial charge < -0.3 is 26.5 Å². The Labute approximate surface area is 425 Å². The van der Waals surface area contributed by atoms with Crippen LogP contribution in [0.3, 0.4) is 0 Å². The van der Waals surface area contributed by atoms with E-state index in [1.54, 1.807) is 12.3 Å². The number of aryl methyl sites for hydroxylation is 4. The van der Waals surface area contributed by atoms with E-state index in [1.165, 1.54) is 31.6 Å². The molecule has 1 radical (unpaired) electrons. The molecule has 7 aromatic rings. The molecule has 4 aromatic carbocycles. The number of carbonyl (C=O) groups is 1. The molecule has 359 valence electrons. The lowest BCUT2D eigenvalue weighted by Crippen LogP contribution is -2.41. The number of hydrogen-bond donors (Lipinski definition) is 4. The molecule has 0 aliphatic carbocycles. The maximum absolute atomic E-state index is 13.3. The van der Waals surface area contributed by atoms with Gasteiger partial charge in [0.15, 0.2) is 12.2 Å². The molecule has 7 N–H and O–H groups in total. The molecule has 1 aliphatic rings. The van der Waals surface area contributed by atoms with Crippen molar-refractivity contribution in [3.05, 3.63) is 126 Å². The van der Waals surface area contributed by atoms with Gasteiger partial charge in [0.1, 0.15) is 13.3 Å². The summed E-state index contributed by atoms with van der Waals surface area (Å²) in [5, 5.41) is 8.73. The molecule has 1 aliphatic heterocycles. The fraction of sp³-hybridized carbons (Fsp3) is 0.304. The van der Waals surface area contributed by atoms with Gasteiger partial charge in [-0.1, -0.05) is 87.6 Å². The molecule has 0 amide bonds. The summed E-state index contributed by atoms with van der Waals surface area (Å²) in [5.74, 6) is -0.412. The molecule has 1 saturated heterocycles. The third-order valence-electron chi connectivity index (χ3n) is 10.5. The predicted molar refractivity (Wildman–Crippen MR) is 284 cm³/mol. The minimum Gasteiger partial charge on any atom is -0.399 e. The fourth-order valence-electron chi connectivity index (χ4n) is 6.51. The van der Waals surface area contributed by atoms with Crippen LogP contribution >= 0.6 is 56.9 Å². The highest BCUT2D eigenvalue weighted by Gasteiger charge is 2.51. The second-order valence-electron chi connectivity index (χ2n) is 15.7. The summed E-state index contributed by atoms with van der Waals surface area (Å²) in [6, 6.07) is 14.9. The van der Waals surface area contributed by atoms with Crippen molar-refractivity contribution < 1.29 is 27.3 Å². The Morgan fingerprint density at radius 1 is 0.706 bits per heavy atom. The van der Waals surface area contributed by atoms with Crippen LogP contribution in [0.25, 0.3) is 32.7 Å². The van der Waals surface area contributed by atoms with E-state index in [2.05, 4.69) is 111 Å². The van der Waals surface area contributed by atoms with E-state index < -0.39 is 36.3 Å². The molecule has 8 rings (SSSR count). The minimum atomic E-state index is -0.703. The number of benzene rings is 4. The number of anilines is 1. The molecule has 0 saturated carbocycles. The predicted octanol–water partition coefficient (Wildman–Crippen LogP) is 9.74. The van der Waals surface area contributed by atoms with Gasteiger partial charge in [0.25, 0.3) is 0 Å². The van der Waals surface area contributed by atoms with Crippen LogP contribution in [0.1, 0.15) is 88.0 Å². The number of hydrogen-bond acceptors (Lipinski definition) is 11. The Kier molecular flexibility index (Phi) is 21.7. The lowest BCUT2D eigenvalue weighted by atomic mass is 9.77. The lowest BCUT2D eigenvalue weighted by Gasteiger charge is -2.32. The number of nitrogens with one attached hydrogen (secondary N) is 1. The quantitative estimate of drug-likeness (QED) is 0.0306. The molecule has 0 bridgehead atoms. The van der Waals surface area contributed by atoms with Gasteiger partial charge in [0.2, 0.25) is 5.95 Å². The van der Waals surface area contributed by atoms with Crippen molar-refractivity contribution >= 4 is 128 Å². The zero-order valence-electron chi connectivity index (χ0n) is 39.9. The summed E-state index contributed by atoms with van der Waals surface area (Å²) in [4.78, 5) is 33.5.